The number of carbonyl (C=O) groups excluding carboxylic acids is 1. The predicted octanol–water partition coefficient (Wildman–Crippen LogP) is 2.38. The first-order valence-corrected chi connectivity index (χ1v) is 9.43. The number of benzene rings is 1. The number of aryl methyl sites for hydroxylation is 1. The molecule has 3 aromatic rings. The summed E-state index contributed by atoms with van der Waals surface area (Å²) in [6, 6.07) is 8.56. The van der Waals surface area contributed by atoms with E-state index in [4.69, 9.17) is 0 Å². The van der Waals surface area contributed by atoms with E-state index in [1.807, 2.05) is 6.92 Å². The fraction of sp³-hybridized carbons (Fsp3) is 0.190. The lowest BCUT2D eigenvalue weighted by molar-refractivity contribution is 0.239. The van der Waals surface area contributed by atoms with Gasteiger partial charge in [-0.25, -0.2) is 9.18 Å². The molecule has 2 amide bonds. The summed E-state index contributed by atoms with van der Waals surface area (Å²) >= 11 is 0. The SMILES string of the molecule is C[C@@H](NC(=O)NC1=Cc2[nH]nc(-c3ccc(=O)n(C)c3)c2CN1)c1ccc(F)cc1. The lowest BCUT2D eigenvalue weighted by Gasteiger charge is -2.20. The van der Waals surface area contributed by atoms with Gasteiger partial charge in [0.15, 0.2) is 0 Å². The van der Waals surface area contributed by atoms with Crippen LogP contribution < -0.4 is 21.5 Å². The summed E-state index contributed by atoms with van der Waals surface area (Å²) in [5.41, 5.74) is 4.01. The van der Waals surface area contributed by atoms with E-state index in [1.54, 1.807) is 37.5 Å². The third-order valence-electron chi connectivity index (χ3n) is 4.97. The maximum Gasteiger partial charge on any atom is 0.320 e. The van der Waals surface area contributed by atoms with Gasteiger partial charge in [0, 0.05) is 43.1 Å². The van der Waals surface area contributed by atoms with E-state index in [9.17, 15) is 14.0 Å². The van der Waals surface area contributed by atoms with Gasteiger partial charge in [0.2, 0.25) is 5.56 Å². The number of pyridine rings is 1. The average Bonchev–Trinajstić information content (AvgIpc) is 3.13. The number of aromatic nitrogens is 3. The first kappa shape index (κ1) is 19.4. The molecule has 0 aliphatic carbocycles. The second kappa shape index (κ2) is 7.86. The quantitative estimate of drug-likeness (QED) is 0.532. The number of hydrogen-bond acceptors (Lipinski definition) is 4. The van der Waals surface area contributed by atoms with Gasteiger partial charge in [0.1, 0.15) is 11.6 Å². The van der Waals surface area contributed by atoms with Crippen LogP contribution in [0.1, 0.15) is 29.8 Å². The van der Waals surface area contributed by atoms with Gasteiger partial charge in [-0.2, -0.15) is 5.10 Å². The summed E-state index contributed by atoms with van der Waals surface area (Å²) in [4.78, 5) is 23.9. The highest BCUT2D eigenvalue weighted by Gasteiger charge is 2.20. The number of nitrogens with one attached hydrogen (secondary N) is 4. The molecule has 30 heavy (non-hydrogen) atoms. The molecule has 0 fully saturated rings. The molecule has 9 heteroatoms. The maximum atomic E-state index is 13.1. The fourth-order valence-corrected chi connectivity index (χ4v) is 3.30. The van der Waals surface area contributed by atoms with Crippen molar-refractivity contribution in [2.45, 2.75) is 19.5 Å². The summed E-state index contributed by atoms with van der Waals surface area (Å²) in [6.07, 6.45) is 3.50. The number of urea groups is 1. The largest absolute Gasteiger partial charge is 0.367 e. The molecule has 1 aliphatic heterocycles. The van der Waals surface area contributed by atoms with Crippen molar-refractivity contribution in [3.05, 3.63) is 81.4 Å². The average molecular weight is 408 g/mol. The van der Waals surface area contributed by atoms with E-state index >= 15 is 0 Å². The number of aromatic amines is 1. The zero-order valence-corrected chi connectivity index (χ0v) is 16.5. The molecule has 0 radical (unpaired) electrons. The van der Waals surface area contributed by atoms with Crippen LogP contribution in [0.2, 0.25) is 0 Å². The van der Waals surface area contributed by atoms with Crippen LogP contribution in [0.25, 0.3) is 17.3 Å². The first-order valence-electron chi connectivity index (χ1n) is 9.43. The monoisotopic (exact) mass is 408 g/mol. The van der Waals surface area contributed by atoms with Gasteiger partial charge in [0.25, 0.3) is 0 Å². The lowest BCUT2D eigenvalue weighted by atomic mass is 10.1. The van der Waals surface area contributed by atoms with Crippen LogP contribution in [0.15, 0.2) is 53.2 Å². The standard InChI is InChI=1S/C21H21FN6O2/c1-12(13-3-6-15(22)7-4-13)24-21(30)25-18-9-17-16(10-23-18)20(27-26-17)14-5-8-19(29)28(2)11-14/h3-9,11-12,23H,10H2,1-2H3,(H,26,27)(H2,24,25,30)/t12-/m1/s1. The van der Waals surface area contributed by atoms with Gasteiger partial charge in [-0.1, -0.05) is 12.1 Å². The van der Waals surface area contributed by atoms with Crippen LogP contribution in [0, 0.1) is 5.82 Å². The number of halogens is 1. The Morgan fingerprint density at radius 2 is 2.00 bits per heavy atom. The van der Waals surface area contributed by atoms with E-state index < -0.39 is 0 Å². The molecule has 2 aromatic heterocycles. The number of amides is 2. The minimum absolute atomic E-state index is 0.0893. The van der Waals surface area contributed by atoms with Crippen molar-refractivity contribution in [3.8, 4) is 11.3 Å². The Morgan fingerprint density at radius 3 is 2.73 bits per heavy atom. The maximum absolute atomic E-state index is 13.1. The summed E-state index contributed by atoms with van der Waals surface area (Å²) in [5.74, 6) is 0.210. The second-order valence-electron chi connectivity index (χ2n) is 7.11. The highest BCUT2D eigenvalue weighted by molar-refractivity contribution is 5.78. The van der Waals surface area contributed by atoms with Crippen molar-refractivity contribution in [3.63, 3.8) is 0 Å². The molecule has 1 aromatic carbocycles. The van der Waals surface area contributed by atoms with Gasteiger partial charge in [-0.05, 0) is 30.7 Å². The number of H-pyrrole nitrogens is 1. The van der Waals surface area contributed by atoms with Crippen LogP contribution in [0.4, 0.5) is 9.18 Å². The molecule has 0 saturated carbocycles. The number of carbonyl (C=O) groups is 1. The molecule has 3 heterocycles. The third-order valence-corrected chi connectivity index (χ3v) is 4.97. The van der Waals surface area contributed by atoms with Crippen molar-refractivity contribution in [1.29, 1.82) is 0 Å². The van der Waals surface area contributed by atoms with E-state index in [2.05, 4.69) is 26.1 Å². The van der Waals surface area contributed by atoms with Crippen molar-refractivity contribution < 1.29 is 9.18 Å². The van der Waals surface area contributed by atoms with Crippen LogP contribution >= 0.6 is 0 Å². The Labute approximate surface area is 171 Å². The van der Waals surface area contributed by atoms with Gasteiger partial charge in [0.05, 0.1) is 17.4 Å². The molecule has 4 rings (SSSR count). The normalized spacial score (nSPS) is 13.6. The number of fused-ring (bicyclic) bond motifs is 1. The minimum atomic E-state index is -0.383. The molecule has 1 aliphatic rings. The van der Waals surface area contributed by atoms with Gasteiger partial charge < -0.3 is 15.2 Å². The molecule has 0 saturated heterocycles. The highest BCUT2D eigenvalue weighted by atomic mass is 19.1. The molecule has 154 valence electrons. The molecule has 1 atom stereocenters. The predicted molar refractivity (Wildman–Crippen MR) is 111 cm³/mol. The number of hydrogen-bond donors (Lipinski definition) is 4. The lowest BCUT2D eigenvalue weighted by Crippen LogP contribution is -2.40. The first-order chi connectivity index (χ1) is 14.4. The summed E-state index contributed by atoms with van der Waals surface area (Å²) in [5, 5.41) is 16.1. The van der Waals surface area contributed by atoms with E-state index in [1.165, 1.54) is 22.8 Å². The highest BCUT2D eigenvalue weighted by Crippen LogP contribution is 2.26. The summed E-state index contributed by atoms with van der Waals surface area (Å²) < 4.78 is 14.6. The Hall–Kier alpha value is -3.88. The van der Waals surface area contributed by atoms with Gasteiger partial charge >= 0.3 is 6.03 Å². The second-order valence-corrected chi connectivity index (χ2v) is 7.11. The summed E-state index contributed by atoms with van der Waals surface area (Å²) in [7, 11) is 1.69. The van der Waals surface area contributed by atoms with E-state index in [-0.39, 0.29) is 23.4 Å². The Morgan fingerprint density at radius 1 is 1.23 bits per heavy atom. The molecule has 4 N–H and O–H groups in total. The molecular formula is C21H21FN6O2. The van der Waals surface area contributed by atoms with Crippen LogP contribution in [-0.2, 0) is 13.6 Å². The fourth-order valence-electron chi connectivity index (χ4n) is 3.30. The van der Waals surface area contributed by atoms with E-state index in [0.717, 1.165) is 28.1 Å². The number of nitrogens with zero attached hydrogens (tertiary/aromatic N) is 2. The third kappa shape index (κ3) is 3.95. The Bertz CT molecular complexity index is 1180. The van der Waals surface area contributed by atoms with Crippen molar-refractivity contribution >= 4 is 12.1 Å². The smallest absolute Gasteiger partial charge is 0.320 e. The van der Waals surface area contributed by atoms with Crippen LogP contribution in [0.5, 0.6) is 0 Å². The van der Waals surface area contributed by atoms with E-state index in [0.29, 0.717) is 12.4 Å². The van der Waals surface area contributed by atoms with Crippen molar-refractivity contribution in [2.24, 2.45) is 7.05 Å². The minimum Gasteiger partial charge on any atom is -0.367 e. The zero-order chi connectivity index (χ0) is 21.3. The Balaban J connectivity index is 1.45. The number of rotatable bonds is 4. The van der Waals surface area contributed by atoms with Crippen LogP contribution in [0.3, 0.4) is 0 Å². The zero-order valence-electron chi connectivity index (χ0n) is 16.5. The molecule has 0 bridgehead atoms. The van der Waals surface area contributed by atoms with Crippen molar-refractivity contribution in [2.75, 3.05) is 0 Å². The van der Waals surface area contributed by atoms with Crippen LogP contribution in [-0.4, -0.2) is 20.8 Å². The summed E-state index contributed by atoms with van der Waals surface area (Å²) in [6.45, 7) is 2.28. The van der Waals surface area contributed by atoms with Gasteiger partial charge in [-0.15, -0.1) is 0 Å². The molecular weight excluding hydrogens is 387 g/mol. The van der Waals surface area contributed by atoms with Crippen molar-refractivity contribution in [1.82, 2.24) is 30.7 Å². The molecule has 8 nitrogen and oxygen atoms in total. The molecule has 0 spiro atoms. The van der Waals surface area contributed by atoms with Gasteiger partial charge in [-0.3, -0.25) is 15.2 Å². The molecule has 0 unspecified atom stereocenters. The Kier molecular flexibility index (Phi) is 5.09. The topological polar surface area (TPSA) is 104 Å².